The van der Waals surface area contributed by atoms with Crippen LogP contribution in [0.25, 0.3) is 0 Å². The van der Waals surface area contributed by atoms with E-state index in [4.69, 9.17) is 4.74 Å². The zero-order chi connectivity index (χ0) is 15.5. The Morgan fingerprint density at radius 1 is 1.10 bits per heavy atom. The number of anilines is 1. The zero-order valence-electron chi connectivity index (χ0n) is 12.3. The van der Waals surface area contributed by atoms with Crippen molar-refractivity contribution in [3.8, 4) is 5.75 Å². The van der Waals surface area contributed by atoms with E-state index in [0.717, 1.165) is 17.0 Å². The predicted octanol–water partition coefficient (Wildman–Crippen LogP) is 3.27. The lowest BCUT2D eigenvalue weighted by Crippen LogP contribution is -2.07. The first-order valence-electron chi connectivity index (χ1n) is 6.61. The average molecular weight is 305 g/mol. The van der Waals surface area contributed by atoms with Gasteiger partial charge < -0.3 is 10.1 Å². The lowest BCUT2D eigenvalue weighted by atomic mass is 10.1. The summed E-state index contributed by atoms with van der Waals surface area (Å²) in [6.07, 6.45) is 1.21. The monoisotopic (exact) mass is 305 g/mol. The molecule has 0 aliphatic rings. The highest BCUT2D eigenvalue weighted by atomic mass is 32.2. The van der Waals surface area contributed by atoms with E-state index in [1.54, 1.807) is 25.3 Å². The Bertz CT molecular complexity index is 726. The Balaban J connectivity index is 2.21. The van der Waals surface area contributed by atoms with Crippen LogP contribution in [0.4, 0.5) is 5.69 Å². The molecule has 4 nitrogen and oxygen atoms in total. The van der Waals surface area contributed by atoms with E-state index in [1.807, 2.05) is 37.3 Å². The average Bonchev–Trinajstić information content (AvgIpc) is 2.46. The molecule has 0 amide bonds. The van der Waals surface area contributed by atoms with Gasteiger partial charge in [0.05, 0.1) is 12.0 Å². The van der Waals surface area contributed by atoms with E-state index in [2.05, 4.69) is 5.32 Å². The number of sulfone groups is 1. The summed E-state index contributed by atoms with van der Waals surface area (Å²) in [5.41, 5.74) is 1.84. The van der Waals surface area contributed by atoms with E-state index >= 15 is 0 Å². The molecule has 0 saturated carbocycles. The summed E-state index contributed by atoms with van der Waals surface area (Å²) in [4.78, 5) is 0.311. The van der Waals surface area contributed by atoms with Crippen LogP contribution in [-0.2, 0) is 9.84 Å². The van der Waals surface area contributed by atoms with Crippen molar-refractivity contribution < 1.29 is 13.2 Å². The normalized spacial score (nSPS) is 12.7. The minimum atomic E-state index is -3.20. The Hall–Kier alpha value is -2.01. The van der Waals surface area contributed by atoms with Gasteiger partial charge in [0.25, 0.3) is 0 Å². The maximum Gasteiger partial charge on any atom is 0.175 e. The molecule has 2 aromatic rings. The van der Waals surface area contributed by atoms with Crippen molar-refractivity contribution in [1.82, 2.24) is 0 Å². The molecule has 2 rings (SSSR count). The molecule has 5 heteroatoms. The molecule has 0 saturated heterocycles. The molecule has 112 valence electrons. The number of benzene rings is 2. The molecule has 0 heterocycles. The largest absolute Gasteiger partial charge is 0.497 e. The summed E-state index contributed by atoms with van der Waals surface area (Å²) >= 11 is 0. The first-order chi connectivity index (χ1) is 9.90. The molecule has 0 spiro atoms. The highest BCUT2D eigenvalue weighted by molar-refractivity contribution is 7.90. The van der Waals surface area contributed by atoms with Crippen molar-refractivity contribution in [2.75, 3.05) is 18.7 Å². The van der Waals surface area contributed by atoms with E-state index in [1.165, 1.54) is 6.26 Å². The van der Waals surface area contributed by atoms with Gasteiger partial charge in [-0.3, -0.25) is 0 Å². The van der Waals surface area contributed by atoms with E-state index < -0.39 is 9.84 Å². The SMILES string of the molecule is COc1cccc(C(C)Nc2cccc(S(C)(=O)=O)c2)c1. The van der Waals surface area contributed by atoms with Crippen LogP contribution in [0.3, 0.4) is 0 Å². The fourth-order valence-electron chi connectivity index (χ4n) is 2.06. The lowest BCUT2D eigenvalue weighted by molar-refractivity contribution is 0.414. The molecule has 1 atom stereocenters. The Morgan fingerprint density at radius 3 is 2.48 bits per heavy atom. The second-order valence-electron chi connectivity index (χ2n) is 4.94. The van der Waals surface area contributed by atoms with Crippen LogP contribution in [0.5, 0.6) is 5.75 Å². The summed E-state index contributed by atoms with van der Waals surface area (Å²) in [6.45, 7) is 2.02. The molecule has 0 radical (unpaired) electrons. The fraction of sp³-hybridized carbons (Fsp3) is 0.250. The highest BCUT2D eigenvalue weighted by Crippen LogP contribution is 2.24. The van der Waals surface area contributed by atoms with Crippen molar-refractivity contribution in [3.63, 3.8) is 0 Å². The molecule has 1 unspecified atom stereocenters. The van der Waals surface area contributed by atoms with Gasteiger partial charge in [-0.15, -0.1) is 0 Å². The van der Waals surface area contributed by atoms with Crippen LogP contribution in [0.2, 0.25) is 0 Å². The number of methoxy groups -OCH3 is 1. The van der Waals surface area contributed by atoms with Crippen LogP contribution < -0.4 is 10.1 Å². The quantitative estimate of drug-likeness (QED) is 0.921. The van der Waals surface area contributed by atoms with E-state index in [-0.39, 0.29) is 6.04 Å². The predicted molar refractivity (Wildman–Crippen MR) is 84.6 cm³/mol. The van der Waals surface area contributed by atoms with Gasteiger partial charge >= 0.3 is 0 Å². The molecular formula is C16H19NO3S. The number of hydrogen-bond acceptors (Lipinski definition) is 4. The topological polar surface area (TPSA) is 55.4 Å². The maximum absolute atomic E-state index is 11.6. The first-order valence-corrected chi connectivity index (χ1v) is 8.50. The van der Waals surface area contributed by atoms with Crippen LogP contribution in [0.1, 0.15) is 18.5 Å². The van der Waals surface area contributed by atoms with Gasteiger partial charge in [-0.1, -0.05) is 18.2 Å². The molecule has 21 heavy (non-hydrogen) atoms. The lowest BCUT2D eigenvalue weighted by Gasteiger charge is -2.17. The minimum Gasteiger partial charge on any atom is -0.497 e. The van der Waals surface area contributed by atoms with Gasteiger partial charge in [0, 0.05) is 18.0 Å². The van der Waals surface area contributed by atoms with Crippen LogP contribution in [0.15, 0.2) is 53.4 Å². The van der Waals surface area contributed by atoms with Gasteiger partial charge in [-0.2, -0.15) is 0 Å². The molecule has 0 aliphatic carbocycles. The summed E-state index contributed by atoms with van der Waals surface area (Å²) in [7, 11) is -1.56. The fourth-order valence-corrected chi connectivity index (χ4v) is 2.73. The van der Waals surface area contributed by atoms with E-state index in [9.17, 15) is 8.42 Å². The van der Waals surface area contributed by atoms with Crippen molar-refractivity contribution in [2.24, 2.45) is 0 Å². The van der Waals surface area contributed by atoms with Crippen LogP contribution in [0, 0.1) is 0 Å². The second-order valence-corrected chi connectivity index (χ2v) is 6.96. The summed E-state index contributed by atoms with van der Waals surface area (Å²) in [5.74, 6) is 0.797. The van der Waals surface area contributed by atoms with Crippen LogP contribution in [-0.4, -0.2) is 21.8 Å². The third kappa shape index (κ3) is 3.98. The summed E-state index contributed by atoms with van der Waals surface area (Å²) < 4.78 is 28.4. The smallest absolute Gasteiger partial charge is 0.175 e. The molecule has 1 N–H and O–H groups in total. The highest BCUT2D eigenvalue weighted by Gasteiger charge is 2.10. The summed E-state index contributed by atoms with van der Waals surface area (Å²) in [6, 6.07) is 14.6. The first kappa shape index (κ1) is 15.4. The molecule has 0 aliphatic heterocycles. The summed E-state index contributed by atoms with van der Waals surface area (Å²) in [5, 5.41) is 3.30. The molecule has 0 bridgehead atoms. The van der Waals surface area contributed by atoms with Gasteiger partial charge in [-0.25, -0.2) is 8.42 Å². The standard InChI is InChI=1S/C16H19NO3S/c1-12(13-6-4-8-15(10-13)20-2)17-14-7-5-9-16(11-14)21(3,18)19/h4-12,17H,1-3H3. The second kappa shape index (κ2) is 6.18. The Morgan fingerprint density at radius 2 is 1.81 bits per heavy atom. The van der Waals surface area contributed by atoms with Gasteiger partial charge in [-0.05, 0) is 42.8 Å². The maximum atomic E-state index is 11.6. The number of ether oxygens (including phenoxy) is 1. The van der Waals surface area contributed by atoms with Crippen molar-refractivity contribution in [1.29, 1.82) is 0 Å². The molecule has 0 fully saturated rings. The number of nitrogens with one attached hydrogen (secondary N) is 1. The Kier molecular flexibility index (Phi) is 4.53. The van der Waals surface area contributed by atoms with E-state index in [0.29, 0.717) is 4.90 Å². The van der Waals surface area contributed by atoms with Gasteiger partial charge in [0.15, 0.2) is 9.84 Å². The number of hydrogen-bond donors (Lipinski definition) is 1. The molecule has 0 aromatic heterocycles. The van der Waals surface area contributed by atoms with Crippen molar-refractivity contribution in [3.05, 3.63) is 54.1 Å². The Labute approximate surface area is 125 Å². The van der Waals surface area contributed by atoms with Crippen molar-refractivity contribution in [2.45, 2.75) is 17.9 Å². The van der Waals surface area contributed by atoms with Gasteiger partial charge in [0.1, 0.15) is 5.75 Å². The number of rotatable bonds is 5. The molecule has 2 aromatic carbocycles. The van der Waals surface area contributed by atoms with Crippen molar-refractivity contribution >= 4 is 15.5 Å². The van der Waals surface area contributed by atoms with Crippen LogP contribution >= 0.6 is 0 Å². The third-order valence-electron chi connectivity index (χ3n) is 3.24. The minimum absolute atomic E-state index is 0.0370. The zero-order valence-corrected chi connectivity index (χ0v) is 13.1. The molecular weight excluding hydrogens is 286 g/mol. The van der Waals surface area contributed by atoms with Gasteiger partial charge in [0.2, 0.25) is 0 Å². The third-order valence-corrected chi connectivity index (χ3v) is 4.35.